The van der Waals surface area contributed by atoms with Gasteiger partial charge in [-0.05, 0) is 43.2 Å². The minimum absolute atomic E-state index is 0. The predicted molar refractivity (Wildman–Crippen MR) is 101 cm³/mol. The number of nitrogens with two attached hydrogens (primary N) is 1. The van der Waals surface area contributed by atoms with E-state index in [1.165, 1.54) is 0 Å². The Kier molecular flexibility index (Phi) is 6.66. The molecule has 0 saturated carbocycles. The van der Waals surface area contributed by atoms with Gasteiger partial charge in [-0.15, -0.1) is 12.4 Å². The van der Waals surface area contributed by atoms with E-state index in [2.05, 4.69) is 15.9 Å². The zero-order chi connectivity index (χ0) is 16.2. The molecule has 1 amide bonds. The summed E-state index contributed by atoms with van der Waals surface area (Å²) in [7, 11) is 0. The number of benzene rings is 2. The van der Waals surface area contributed by atoms with Crippen LogP contribution in [0.25, 0.3) is 0 Å². The van der Waals surface area contributed by atoms with Crippen LogP contribution >= 0.6 is 28.3 Å². The van der Waals surface area contributed by atoms with Crippen LogP contribution in [0.2, 0.25) is 0 Å². The molecule has 0 atom stereocenters. The van der Waals surface area contributed by atoms with Crippen molar-refractivity contribution < 1.29 is 9.53 Å². The molecule has 128 valence electrons. The monoisotopic (exact) mass is 410 g/mol. The quantitative estimate of drug-likeness (QED) is 0.822. The summed E-state index contributed by atoms with van der Waals surface area (Å²) in [6.45, 7) is 1.40. The van der Waals surface area contributed by atoms with Gasteiger partial charge >= 0.3 is 0 Å². The second kappa shape index (κ2) is 8.51. The smallest absolute Gasteiger partial charge is 0.257 e. The van der Waals surface area contributed by atoms with Crippen LogP contribution in [0.15, 0.2) is 53.0 Å². The standard InChI is InChI=1S/C18H19BrN2O2.ClH/c19-13-4-3-5-15(12-13)23-17-7-2-1-6-16(17)18(22)21-10-8-14(20)9-11-21;/h1-7,12,14H,8-11,20H2;1H. The Balaban J connectivity index is 0.00000208. The summed E-state index contributed by atoms with van der Waals surface area (Å²) in [5.74, 6) is 1.27. The summed E-state index contributed by atoms with van der Waals surface area (Å²) >= 11 is 3.42. The molecule has 2 N–H and O–H groups in total. The van der Waals surface area contributed by atoms with Crippen molar-refractivity contribution in [2.75, 3.05) is 13.1 Å². The van der Waals surface area contributed by atoms with Crippen LogP contribution in [0.4, 0.5) is 0 Å². The molecule has 6 heteroatoms. The van der Waals surface area contributed by atoms with Crippen LogP contribution in [0.5, 0.6) is 11.5 Å². The third kappa shape index (κ3) is 4.50. The molecule has 2 aromatic rings. The minimum atomic E-state index is 0. The molecule has 0 radical (unpaired) electrons. The molecule has 0 aliphatic carbocycles. The van der Waals surface area contributed by atoms with Gasteiger partial charge in [0, 0.05) is 23.6 Å². The molecule has 1 saturated heterocycles. The van der Waals surface area contributed by atoms with Crippen molar-refractivity contribution in [3.63, 3.8) is 0 Å². The van der Waals surface area contributed by atoms with E-state index < -0.39 is 0 Å². The summed E-state index contributed by atoms with van der Waals surface area (Å²) < 4.78 is 6.86. The van der Waals surface area contributed by atoms with Crippen LogP contribution < -0.4 is 10.5 Å². The number of carbonyl (C=O) groups is 1. The lowest BCUT2D eigenvalue weighted by atomic mass is 10.0. The van der Waals surface area contributed by atoms with Crippen molar-refractivity contribution in [1.29, 1.82) is 0 Å². The summed E-state index contributed by atoms with van der Waals surface area (Å²) in [6, 6.07) is 15.1. The van der Waals surface area contributed by atoms with Crippen molar-refractivity contribution in [1.82, 2.24) is 4.90 Å². The summed E-state index contributed by atoms with van der Waals surface area (Å²) in [4.78, 5) is 14.6. The van der Waals surface area contributed by atoms with Gasteiger partial charge in [-0.25, -0.2) is 0 Å². The maximum absolute atomic E-state index is 12.8. The highest BCUT2D eigenvalue weighted by atomic mass is 79.9. The number of likely N-dealkylation sites (tertiary alicyclic amines) is 1. The van der Waals surface area contributed by atoms with Crippen LogP contribution in [-0.4, -0.2) is 29.9 Å². The van der Waals surface area contributed by atoms with Crippen LogP contribution in [-0.2, 0) is 0 Å². The maximum Gasteiger partial charge on any atom is 0.257 e. The maximum atomic E-state index is 12.8. The first-order chi connectivity index (χ1) is 11.1. The highest BCUT2D eigenvalue weighted by Crippen LogP contribution is 2.28. The molecule has 1 heterocycles. The average molecular weight is 412 g/mol. The van der Waals surface area contributed by atoms with Crippen molar-refractivity contribution in [3.05, 3.63) is 58.6 Å². The van der Waals surface area contributed by atoms with Gasteiger partial charge in [0.2, 0.25) is 0 Å². The molecule has 1 aliphatic heterocycles. The first-order valence-corrected chi connectivity index (χ1v) is 8.50. The zero-order valence-corrected chi connectivity index (χ0v) is 15.6. The van der Waals surface area contributed by atoms with Gasteiger partial charge in [-0.3, -0.25) is 4.79 Å². The van der Waals surface area contributed by atoms with Crippen molar-refractivity contribution in [2.45, 2.75) is 18.9 Å². The molecule has 0 aromatic heterocycles. The fourth-order valence-corrected chi connectivity index (χ4v) is 3.04. The average Bonchev–Trinajstić information content (AvgIpc) is 2.55. The molecule has 24 heavy (non-hydrogen) atoms. The topological polar surface area (TPSA) is 55.6 Å². The Labute approximate surface area is 156 Å². The van der Waals surface area contributed by atoms with E-state index in [0.29, 0.717) is 30.2 Å². The first kappa shape index (κ1) is 18.8. The highest BCUT2D eigenvalue weighted by molar-refractivity contribution is 9.10. The molecule has 0 spiro atoms. The summed E-state index contributed by atoms with van der Waals surface area (Å²) in [5, 5.41) is 0. The number of ether oxygens (including phenoxy) is 1. The third-order valence-corrected chi connectivity index (χ3v) is 4.46. The number of hydrogen-bond donors (Lipinski definition) is 1. The molecular weight excluding hydrogens is 392 g/mol. The Morgan fingerprint density at radius 3 is 2.54 bits per heavy atom. The number of piperidine rings is 1. The molecule has 0 unspecified atom stereocenters. The van der Waals surface area contributed by atoms with Crippen LogP contribution in [0, 0.1) is 0 Å². The van der Waals surface area contributed by atoms with Crippen LogP contribution in [0.3, 0.4) is 0 Å². The normalized spacial score (nSPS) is 14.8. The number of carbonyl (C=O) groups excluding carboxylic acids is 1. The third-order valence-electron chi connectivity index (χ3n) is 3.97. The molecule has 1 fully saturated rings. The van der Waals surface area contributed by atoms with Gasteiger partial charge in [0.25, 0.3) is 5.91 Å². The Morgan fingerprint density at radius 1 is 1.12 bits per heavy atom. The summed E-state index contributed by atoms with van der Waals surface area (Å²) in [5.41, 5.74) is 6.50. The van der Waals surface area contributed by atoms with Gasteiger partial charge < -0.3 is 15.4 Å². The molecule has 0 bridgehead atoms. The molecule has 2 aromatic carbocycles. The minimum Gasteiger partial charge on any atom is -0.456 e. The second-order valence-corrected chi connectivity index (χ2v) is 6.60. The largest absolute Gasteiger partial charge is 0.456 e. The lowest BCUT2D eigenvalue weighted by Gasteiger charge is -2.30. The molecule has 1 aliphatic rings. The van der Waals surface area contributed by atoms with E-state index in [9.17, 15) is 4.79 Å². The SMILES string of the molecule is Cl.NC1CCN(C(=O)c2ccccc2Oc2cccc(Br)c2)CC1. The Bertz CT molecular complexity index is 703. The lowest BCUT2D eigenvalue weighted by molar-refractivity contribution is 0.0712. The van der Waals surface area contributed by atoms with Gasteiger partial charge in [0.15, 0.2) is 0 Å². The molecule has 4 nitrogen and oxygen atoms in total. The van der Waals surface area contributed by atoms with E-state index in [-0.39, 0.29) is 24.4 Å². The van der Waals surface area contributed by atoms with Crippen molar-refractivity contribution >= 4 is 34.2 Å². The first-order valence-electron chi connectivity index (χ1n) is 7.71. The Morgan fingerprint density at radius 2 is 1.83 bits per heavy atom. The van der Waals surface area contributed by atoms with Gasteiger partial charge in [0.05, 0.1) is 5.56 Å². The van der Waals surface area contributed by atoms with E-state index in [1.54, 1.807) is 0 Å². The fraction of sp³-hybridized carbons (Fsp3) is 0.278. The Hall–Kier alpha value is -1.56. The number of amides is 1. The van der Waals surface area contributed by atoms with E-state index in [1.807, 2.05) is 53.4 Å². The van der Waals surface area contributed by atoms with Crippen molar-refractivity contribution in [2.24, 2.45) is 5.73 Å². The second-order valence-electron chi connectivity index (χ2n) is 5.69. The van der Waals surface area contributed by atoms with E-state index in [4.69, 9.17) is 10.5 Å². The fourth-order valence-electron chi connectivity index (χ4n) is 2.66. The van der Waals surface area contributed by atoms with E-state index in [0.717, 1.165) is 17.3 Å². The highest BCUT2D eigenvalue weighted by Gasteiger charge is 2.24. The zero-order valence-electron chi connectivity index (χ0n) is 13.2. The van der Waals surface area contributed by atoms with Gasteiger partial charge in [-0.2, -0.15) is 0 Å². The number of halogens is 2. The predicted octanol–water partition coefficient (Wildman–Crippen LogP) is 4.23. The number of rotatable bonds is 3. The molecule has 3 rings (SSSR count). The number of hydrogen-bond acceptors (Lipinski definition) is 3. The van der Waals surface area contributed by atoms with Crippen molar-refractivity contribution in [3.8, 4) is 11.5 Å². The lowest BCUT2D eigenvalue weighted by Crippen LogP contribution is -2.42. The van der Waals surface area contributed by atoms with Gasteiger partial charge in [-0.1, -0.05) is 34.1 Å². The number of para-hydroxylation sites is 1. The molecular formula is C18H20BrClN2O2. The van der Waals surface area contributed by atoms with Gasteiger partial charge in [0.1, 0.15) is 11.5 Å². The summed E-state index contributed by atoms with van der Waals surface area (Å²) in [6.07, 6.45) is 1.70. The van der Waals surface area contributed by atoms with Crippen LogP contribution in [0.1, 0.15) is 23.2 Å². The van der Waals surface area contributed by atoms with E-state index >= 15 is 0 Å². The number of nitrogens with zero attached hydrogens (tertiary/aromatic N) is 1.